The molecule has 0 aliphatic rings. The zero-order chi connectivity index (χ0) is 23.2. The fourth-order valence-electron chi connectivity index (χ4n) is 3.21. The van der Waals surface area contributed by atoms with E-state index in [1.165, 1.54) is 4.68 Å². The van der Waals surface area contributed by atoms with Crippen LogP contribution in [0.5, 0.6) is 17.4 Å². The molecular weight excluding hydrogens is 442 g/mol. The monoisotopic (exact) mass is 463 g/mol. The molecule has 0 fully saturated rings. The first-order valence-corrected chi connectivity index (χ1v) is 10.7. The standard InChI is InChI=1S/C25H22ClN3O4/c1-3-32-25(30)23-24(29(28-27-23)16-17-4-12-21(31-2)13-5-17)33-22-14-8-19(9-15-22)18-6-10-20(26)11-7-18/h4-15H,3,16H2,1-2H3. The van der Waals surface area contributed by atoms with Gasteiger partial charge in [-0.3, -0.25) is 0 Å². The van der Waals surface area contributed by atoms with Crippen LogP contribution < -0.4 is 9.47 Å². The van der Waals surface area contributed by atoms with Crippen LogP contribution >= 0.6 is 11.6 Å². The third-order valence-corrected chi connectivity index (χ3v) is 5.15. The summed E-state index contributed by atoms with van der Waals surface area (Å²) in [5, 5.41) is 8.82. The van der Waals surface area contributed by atoms with Gasteiger partial charge >= 0.3 is 5.97 Å². The second-order valence-electron chi connectivity index (χ2n) is 7.10. The molecule has 4 rings (SSSR count). The molecule has 0 atom stereocenters. The lowest BCUT2D eigenvalue weighted by Crippen LogP contribution is -2.09. The number of methoxy groups -OCH3 is 1. The van der Waals surface area contributed by atoms with Crippen molar-refractivity contribution >= 4 is 17.6 Å². The molecule has 0 spiro atoms. The van der Waals surface area contributed by atoms with E-state index in [1.54, 1.807) is 14.0 Å². The lowest BCUT2D eigenvalue weighted by Gasteiger charge is -2.11. The van der Waals surface area contributed by atoms with E-state index in [9.17, 15) is 4.79 Å². The maximum absolute atomic E-state index is 12.4. The predicted molar refractivity (Wildman–Crippen MR) is 125 cm³/mol. The first-order valence-electron chi connectivity index (χ1n) is 10.3. The third-order valence-electron chi connectivity index (χ3n) is 4.90. The van der Waals surface area contributed by atoms with E-state index in [-0.39, 0.29) is 18.2 Å². The average molecular weight is 464 g/mol. The summed E-state index contributed by atoms with van der Waals surface area (Å²) < 4.78 is 17.9. The minimum atomic E-state index is -0.591. The van der Waals surface area contributed by atoms with E-state index in [4.69, 9.17) is 25.8 Å². The number of carbonyl (C=O) groups is 1. The van der Waals surface area contributed by atoms with Crippen LogP contribution in [0.1, 0.15) is 23.0 Å². The van der Waals surface area contributed by atoms with Gasteiger partial charge in [0, 0.05) is 5.02 Å². The van der Waals surface area contributed by atoms with E-state index in [1.807, 2.05) is 72.8 Å². The van der Waals surface area contributed by atoms with E-state index in [0.717, 1.165) is 22.4 Å². The minimum Gasteiger partial charge on any atom is -0.497 e. The summed E-state index contributed by atoms with van der Waals surface area (Å²) in [4.78, 5) is 12.4. The molecule has 1 heterocycles. The Labute approximate surface area is 196 Å². The number of aromatic nitrogens is 3. The van der Waals surface area contributed by atoms with Crippen LogP contribution in [0.25, 0.3) is 11.1 Å². The van der Waals surface area contributed by atoms with Gasteiger partial charge in [0.2, 0.25) is 5.69 Å². The van der Waals surface area contributed by atoms with Gasteiger partial charge in [-0.2, -0.15) is 0 Å². The Morgan fingerprint density at radius 3 is 2.12 bits per heavy atom. The number of nitrogens with zero attached hydrogens (tertiary/aromatic N) is 3. The number of benzene rings is 3. The SMILES string of the molecule is CCOC(=O)c1nnn(Cc2ccc(OC)cc2)c1Oc1ccc(-c2ccc(Cl)cc2)cc1. The fraction of sp³-hybridized carbons (Fsp3) is 0.160. The van der Waals surface area contributed by atoms with Crippen molar-refractivity contribution in [1.29, 1.82) is 0 Å². The molecule has 4 aromatic rings. The van der Waals surface area contributed by atoms with Crippen LogP contribution in [-0.4, -0.2) is 34.7 Å². The van der Waals surface area contributed by atoms with Gasteiger partial charge in [0.25, 0.3) is 5.88 Å². The maximum atomic E-state index is 12.4. The van der Waals surface area contributed by atoms with Gasteiger partial charge in [-0.05, 0) is 60.0 Å². The first-order chi connectivity index (χ1) is 16.1. The molecule has 0 amide bonds. The molecule has 7 nitrogen and oxygen atoms in total. The number of halogens is 1. The minimum absolute atomic E-state index is 0.0205. The molecule has 0 radical (unpaired) electrons. The predicted octanol–water partition coefficient (Wildman–Crippen LogP) is 5.62. The van der Waals surface area contributed by atoms with E-state index >= 15 is 0 Å². The molecule has 3 aromatic carbocycles. The number of ether oxygens (including phenoxy) is 3. The molecule has 0 bridgehead atoms. The Hall–Kier alpha value is -3.84. The van der Waals surface area contributed by atoms with Gasteiger partial charge < -0.3 is 14.2 Å². The number of esters is 1. The van der Waals surface area contributed by atoms with Crippen LogP contribution in [0.2, 0.25) is 5.02 Å². The van der Waals surface area contributed by atoms with Crippen molar-refractivity contribution in [3.05, 3.63) is 89.1 Å². The molecule has 0 N–H and O–H groups in total. The van der Waals surface area contributed by atoms with Crippen LogP contribution in [-0.2, 0) is 11.3 Å². The van der Waals surface area contributed by atoms with E-state index in [0.29, 0.717) is 17.3 Å². The van der Waals surface area contributed by atoms with Gasteiger partial charge in [0.05, 0.1) is 20.3 Å². The molecule has 1 aromatic heterocycles. The molecule has 8 heteroatoms. The van der Waals surface area contributed by atoms with Crippen molar-refractivity contribution in [2.75, 3.05) is 13.7 Å². The molecular formula is C25H22ClN3O4. The maximum Gasteiger partial charge on any atom is 0.364 e. The van der Waals surface area contributed by atoms with Crippen molar-refractivity contribution < 1.29 is 19.0 Å². The van der Waals surface area contributed by atoms with Gasteiger partial charge in [0.1, 0.15) is 11.5 Å². The summed E-state index contributed by atoms with van der Waals surface area (Å²) in [6.07, 6.45) is 0. The van der Waals surface area contributed by atoms with Crippen molar-refractivity contribution in [3.63, 3.8) is 0 Å². The Morgan fingerprint density at radius 1 is 0.909 bits per heavy atom. The van der Waals surface area contributed by atoms with Crippen molar-refractivity contribution in [1.82, 2.24) is 15.0 Å². The van der Waals surface area contributed by atoms with Crippen LogP contribution in [0.15, 0.2) is 72.8 Å². The normalized spacial score (nSPS) is 10.6. The average Bonchev–Trinajstić information content (AvgIpc) is 3.23. The largest absolute Gasteiger partial charge is 0.497 e. The highest BCUT2D eigenvalue weighted by molar-refractivity contribution is 6.30. The molecule has 0 unspecified atom stereocenters. The Morgan fingerprint density at radius 2 is 1.52 bits per heavy atom. The lowest BCUT2D eigenvalue weighted by atomic mass is 10.1. The third kappa shape index (κ3) is 5.32. The highest BCUT2D eigenvalue weighted by Gasteiger charge is 2.23. The van der Waals surface area contributed by atoms with Crippen LogP contribution in [0, 0.1) is 0 Å². The summed E-state index contributed by atoms with van der Waals surface area (Å²) >= 11 is 5.98. The summed E-state index contributed by atoms with van der Waals surface area (Å²) in [7, 11) is 1.61. The zero-order valence-corrected chi connectivity index (χ0v) is 19.0. The highest BCUT2D eigenvalue weighted by Crippen LogP contribution is 2.29. The number of hydrogen-bond acceptors (Lipinski definition) is 6. The Bertz CT molecular complexity index is 1220. The van der Waals surface area contributed by atoms with Crippen LogP contribution in [0.3, 0.4) is 0 Å². The quantitative estimate of drug-likeness (QED) is 0.315. The summed E-state index contributed by atoms with van der Waals surface area (Å²) in [6, 6.07) is 22.6. The molecule has 0 saturated carbocycles. The Kier molecular flexibility index (Phi) is 6.90. The summed E-state index contributed by atoms with van der Waals surface area (Å²) in [5.74, 6) is 0.910. The molecule has 0 aliphatic heterocycles. The first kappa shape index (κ1) is 22.4. The second-order valence-corrected chi connectivity index (χ2v) is 7.54. The van der Waals surface area contributed by atoms with Crippen molar-refractivity contribution in [2.24, 2.45) is 0 Å². The Balaban J connectivity index is 1.60. The lowest BCUT2D eigenvalue weighted by molar-refractivity contribution is 0.0516. The summed E-state index contributed by atoms with van der Waals surface area (Å²) in [5.41, 5.74) is 3.00. The van der Waals surface area contributed by atoms with E-state index in [2.05, 4.69) is 10.3 Å². The van der Waals surface area contributed by atoms with Gasteiger partial charge in [-0.1, -0.05) is 53.2 Å². The van der Waals surface area contributed by atoms with Gasteiger partial charge in [-0.25, -0.2) is 9.48 Å². The molecule has 0 aliphatic carbocycles. The van der Waals surface area contributed by atoms with Crippen molar-refractivity contribution in [3.8, 4) is 28.5 Å². The van der Waals surface area contributed by atoms with Gasteiger partial charge in [0.15, 0.2) is 0 Å². The molecule has 168 valence electrons. The van der Waals surface area contributed by atoms with E-state index < -0.39 is 5.97 Å². The van der Waals surface area contributed by atoms with Crippen LogP contribution in [0.4, 0.5) is 0 Å². The number of hydrogen-bond donors (Lipinski definition) is 0. The topological polar surface area (TPSA) is 75.5 Å². The fourth-order valence-corrected chi connectivity index (χ4v) is 3.34. The molecule has 33 heavy (non-hydrogen) atoms. The molecule has 0 saturated heterocycles. The van der Waals surface area contributed by atoms with Crippen molar-refractivity contribution in [2.45, 2.75) is 13.5 Å². The smallest absolute Gasteiger partial charge is 0.364 e. The van der Waals surface area contributed by atoms with Gasteiger partial charge in [-0.15, -0.1) is 5.10 Å². The second kappa shape index (κ2) is 10.2. The highest BCUT2D eigenvalue weighted by atomic mass is 35.5. The number of rotatable bonds is 8. The number of carbonyl (C=O) groups excluding carboxylic acids is 1. The zero-order valence-electron chi connectivity index (χ0n) is 18.2. The summed E-state index contributed by atoms with van der Waals surface area (Å²) in [6.45, 7) is 2.31.